The molecule has 2 aromatic rings. The Balaban J connectivity index is 2.27. The Kier molecular flexibility index (Phi) is 7.70. The summed E-state index contributed by atoms with van der Waals surface area (Å²) in [5.41, 5.74) is 0. The molecule has 0 atom stereocenters. The van der Waals surface area contributed by atoms with Crippen molar-refractivity contribution in [3.05, 3.63) is 30.3 Å². The Bertz CT molecular complexity index is 640. The summed E-state index contributed by atoms with van der Waals surface area (Å²) in [6.45, 7) is 5.65. The molecule has 0 saturated heterocycles. The molecular weight excluding hydrogens is 368 g/mol. The number of fused-ring (bicyclic) bond motifs is 1. The van der Waals surface area contributed by atoms with E-state index in [4.69, 9.17) is 14.2 Å². The first kappa shape index (κ1) is 18.9. The SMILES string of the molecule is COc1cc(OCCCCCBr)c2ccccc2c1OCC(C)C. The van der Waals surface area contributed by atoms with Gasteiger partial charge in [0.15, 0.2) is 11.5 Å². The fourth-order valence-corrected chi connectivity index (χ4v) is 2.91. The second-order valence-corrected chi connectivity index (χ2v) is 7.05. The fraction of sp³-hybridized carbons (Fsp3) is 0.500. The van der Waals surface area contributed by atoms with Crippen molar-refractivity contribution in [1.82, 2.24) is 0 Å². The number of ether oxygens (including phenoxy) is 3. The number of benzene rings is 2. The van der Waals surface area contributed by atoms with Gasteiger partial charge in [-0.25, -0.2) is 0 Å². The molecule has 4 heteroatoms. The fourth-order valence-electron chi connectivity index (χ4n) is 2.52. The second-order valence-electron chi connectivity index (χ2n) is 6.25. The van der Waals surface area contributed by atoms with Gasteiger partial charge in [-0.2, -0.15) is 0 Å². The van der Waals surface area contributed by atoms with Crippen molar-refractivity contribution in [2.75, 3.05) is 25.7 Å². The number of hydrogen-bond donors (Lipinski definition) is 0. The summed E-state index contributed by atoms with van der Waals surface area (Å²) in [5.74, 6) is 2.84. The van der Waals surface area contributed by atoms with Crippen molar-refractivity contribution in [3.63, 3.8) is 0 Å². The number of hydrogen-bond acceptors (Lipinski definition) is 3. The highest BCUT2D eigenvalue weighted by Crippen LogP contribution is 2.41. The Morgan fingerprint density at radius 3 is 2.38 bits per heavy atom. The molecule has 0 saturated carbocycles. The minimum absolute atomic E-state index is 0.457. The normalized spacial score (nSPS) is 11.0. The highest BCUT2D eigenvalue weighted by atomic mass is 79.9. The summed E-state index contributed by atoms with van der Waals surface area (Å²) in [4.78, 5) is 0. The molecule has 0 radical (unpaired) electrons. The number of rotatable bonds is 10. The lowest BCUT2D eigenvalue weighted by molar-refractivity contribution is 0.258. The zero-order chi connectivity index (χ0) is 17.4. The predicted octanol–water partition coefficient (Wildman–Crippen LogP) is 5.83. The molecular formula is C20H27BrO3. The van der Waals surface area contributed by atoms with Gasteiger partial charge >= 0.3 is 0 Å². The first-order valence-corrected chi connectivity index (χ1v) is 9.70. The average molecular weight is 395 g/mol. The van der Waals surface area contributed by atoms with E-state index < -0.39 is 0 Å². The largest absolute Gasteiger partial charge is 0.493 e. The van der Waals surface area contributed by atoms with Gasteiger partial charge in [0, 0.05) is 22.2 Å². The summed E-state index contributed by atoms with van der Waals surface area (Å²) in [5, 5.41) is 3.15. The minimum Gasteiger partial charge on any atom is -0.493 e. The molecule has 0 heterocycles. The third-order valence-corrected chi connectivity index (χ3v) is 4.30. The van der Waals surface area contributed by atoms with Crippen LogP contribution in [0.4, 0.5) is 0 Å². The van der Waals surface area contributed by atoms with Crippen LogP contribution < -0.4 is 14.2 Å². The van der Waals surface area contributed by atoms with Gasteiger partial charge in [0.2, 0.25) is 0 Å². The van der Waals surface area contributed by atoms with Gasteiger partial charge in [0.05, 0.1) is 20.3 Å². The van der Waals surface area contributed by atoms with E-state index in [-0.39, 0.29) is 0 Å². The lowest BCUT2D eigenvalue weighted by Gasteiger charge is -2.18. The molecule has 0 aliphatic heterocycles. The molecule has 0 aliphatic rings. The van der Waals surface area contributed by atoms with Crippen LogP contribution in [0.2, 0.25) is 0 Å². The van der Waals surface area contributed by atoms with Crippen molar-refractivity contribution >= 4 is 26.7 Å². The highest BCUT2D eigenvalue weighted by molar-refractivity contribution is 9.09. The van der Waals surface area contributed by atoms with Crippen LogP contribution in [0.3, 0.4) is 0 Å². The smallest absolute Gasteiger partial charge is 0.169 e. The Morgan fingerprint density at radius 1 is 0.958 bits per heavy atom. The predicted molar refractivity (Wildman–Crippen MR) is 104 cm³/mol. The molecule has 2 aromatic carbocycles. The third-order valence-electron chi connectivity index (χ3n) is 3.74. The van der Waals surface area contributed by atoms with Crippen molar-refractivity contribution < 1.29 is 14.2 Å². The monoisotopic (exact) mass is 394 g/mol. The highest BCUT2D eigenvalue weighted by Gasteiger charge is 2.15. The van der Waals surface area contributed by atoms with E-state index in [1.54, 1.807) is 7.11 Å². The molecule has 132 valence electrons. The van der Waals surface area contributed by atoms with Crippen molar-refractivity contribution in [1.29, 1.82) is 0 Å². The zero-order valence-corrected chi connectivity index (χ0v) is 16.4. The van der Waals surface area contributed by atoms with Gasteiger partial charge in [-0.1, -0.05) is 54.0 Å². The van der Waals surface area contributed by atoms with Gasteiger partial charge in [-0.3, -0.25) is 0 Å². The van der Waals surface area contributed by atoms with Crippen LogP contribution in [0, 0.1) is 5.92 Å². The van der Waals surface area contributed by atoms with Crippen LogP contribution in [-0.2, 0) is 0 Å². The quantitative estimate of drug-likeness (QED) is 0.374. The maximum absolute atomic E-state index is 6.04. The van der Waals surface area contributed by atoms with E-state index in [0.717, 1.165) is 46.2 Å². The summed E-state index contributed by atoms with van der Waals surface area (Å²) in [6, 6.07) is 10.1. The molecule has 0 aromatic heterocycles. The first-order valence-electron chi connectivity index (χ1n) is 8.58. The van der Waals surface area contributed by atoms with E-state index in [2.05, 4.69) is 41.9 Å². The van der Waals surface area contributed by atoms with Crippen molar-refractivity contribution in [2.24, 2.45) is 5.92 Å². The van der Waals surface area contributed by atoms with Crippen LogP contribution in [0.1, 0.15) is 33.1 Å². The molecule has 0 fully saturated rings. The van der Waals surface area contributed by atoms with Gasteiger partial charge < -0.3 is 14.2 Å². The van der Waals surface area contributed by atoms with Gasteiger partial charge in [-0.15, -0.1) is 0 Å². The zero-order valence-electron chi connectivity index (χ0n) is 14.8. The number of halogens is 1. The Morgan fingerprint density at radius 2 is 1.71 bits per heavy atom. The minimum atomic E-state index is 0.457. The second kappa shape index (κ2) is 9.77. The molecule has 0 N–H and O–H groups in total. The molecule has 24 heavy (non-hydrogen) atoms. The van der Waals surface area contributed by atoms with E-state index in [9.17, 15) is 0 Å². The molecule has 0 unspecified atom stereocenters. The van der Waals surface area contributed by atoms with Crippen LogP contribution in [0.5, 0.6) is 17.2 Å². The van der Waals surface area contributed by atoms with Gasteiger partial charge in [-0.05, 0) is 25.2 Å². The first-order chi connectivity index (χ1) is 11.7. The van der Waals surface area contributed by atoms with E-state index in [1.165, 1.54) is 6.42 Å². The molecule has 0 amide bonds. The van der Waals surface area contributed by atoms with E-state index >= 15 is 0 Å². The van der Waals surface area contributed by atoms with E-state index in [0.29, 0.717) is 19.1 Å². The molecule has 2 rings (SSSR count). The topological polar surface area (TPSA) is 27.7 Å². The van der Waals surface area contributed by atoms with Crippen LogP contribution in [0.15, 0.2) is 30.3 Å². The van der Waals surface area contributed by atoms with E-state index in [1.807, 2.05) is 18.2 Å². The van der Waals surface area contributed by atoms with Gasteiger partial charge in [0.25, 0.3) is 0 Å². The summed E-state index contributed by atoms with van der Waals surface area (Å²) in [6.07, 6.45) is 3.39. The maximum Gasteiger partial charge on any atom is 0.169 e. The van der Waals surface area contributed by atoms with Crippen molar-refractivity contribution in [3.8, 4) is 17.2 Å². The van der Waals surface area contributed by atoms with Gasteiger partial charge in [0.1, 0.15) is 5.75 Å². The van der Waals surface area contributed by atoms with Crippen LogP contribution in [-0.4, -0.2) is 25.7 Å². The average Bonchev–Trinajstić information content (AvgIpc) is 2.59. The summed E-state index contributed by atoms with van der Waals surface area (Å²) in [7, 11) is 1.67. The molecule has 0 spiro atoms. The number of methoxy groups -OCH3 is 1. The van der Waals surface area contributed by atoms with Crippen LogP contribution in [0.25, 0.3) is 10.8 Å². The van der Waals surface area contributed by atoms with Crippen molar-refractivity contribution in [2.45, 2.75) is 33.1 Å². The number of unbranched alkanes of at least 4 members (excludes halogenated alkanes) is 2. The molecule has 3 nitrogen and oxygen atoms in total. The van der Waals surface area contributed by atoms with Crippen LogP contribution >= 0.6 is 15.9 Å². The Hall–Kier alpha value is -1.42. The maximum atomic E-state index is 6.04. The Labute approximate surface area is 153 Å². The number of alkyl halides is 1. The summed E-state index contributed by atoms with van der Waals surface area (Å²) >= 11 is 3.46. The third kappa shape index (κ3) is 5.04. The summed E-state index contributed by atoms with van der Waals surface area (Å²) < 4.78 is 17.6. The standard InChI is InChI=1S/C20H27BrO3/c1-15(2)14-24-20-17-10-6-5-9-16(17)18(13-19(20)22-3)23-12-8-4-7-11-21/h5-6,9-10,13,15H,4,7-8,11-12,14H2,1-3H3. The molecule has 0 aliphatic carbocycles. The lowest BCUT2D eigenvalue weighted by atomic mass is 10.1. The molecule has 0 bridgehead atoms. The lowest BCUT2D eigenvalue weighted by Crippen LogP contribution is -2.06.